The predicted octanol–water partition coefficient (Wildman–Crippen LogP) is 5.28. The van der Waals surface area contributed by atoms with Crippen molar-refractivity contribution < 1.29 is 9.84 Å². The van der Waals surface area contributed by atoms with Crippen molar-refractivity contribution in [1.29, 1.82) is 0 Å². The maximum atomic E-state index is 11.0. The number of aliphatic hydroxyl groups is 1. The molecule has 3 aromatic carbocycles. The van der Waals surface area contributed by atoms with Gasteiger partial charge in [0.2, 0.25) is 0 Å². The molecule has 2 aliphatic carbocycles. The van der Waals surface area contributed by atoms with E-state index in [1.165, 1.54) is 17.5 Å². The number of likely N-dealkylation sites (tertiary alicyclic amines) is 1. The SMILES string of the molecule is COc1cccc([C@H](O)C2CCN(CC34CC(c5ccccc53)c3ccccc34)CC2)c1. The Bertz CT molecular complexity index is 1080. The Kier molecular flexibility index (Phi) is 4.85. The highest BCUT2D eigenvalue weighted by Crippen LogP contribution is 2.60. The molecule has 0 aromatic heterocycles. The van der Waals surface area contributed by atoms with Crippen molar-refractivity contribution in [2.75, 3.05) is 26.7 Å². The van der Waals surface area contributed by atoms with Crippen LogP contribution >= 0.6 is 0 Å². The lowest BCUT2D eigenvalue weighted by Gasteiger charge is -2.40. The number of piperidine rings is 1. The van der Waals surface area contributed by atoms with Crippen molar-refractivity contribution in [2.45, 2.75) is 36.7 Å². The van der Waals surface area contributed by atoms with Crippen molar-refractivity contribution in [1.82, 2.24) is 4.90 Å². The molecule has 2 bridgehead atoms. The summed E-state index contributed by atoms with van der Waals surface area (Å²) < 4.78 is 5.35. The molecule has 0 saturated carbocycles. The molecular weight excluding hydrogens is 394 g/mol. The van der Waals surface area contributed by atoms with E-state index in [-0.39, 0.29) is 5.41 Å². The van der Waals surface area contributed by atoms with Crippen LogP contribution in [0.2, 0.25) is 0 Å². The second kappa shape index (κ2) is 7.75. The first-order chi connectivity index (χ1) is 15.7. The van der Waals surface area contributed by atoms with Crippen LogP contribution in [-0.4, -0.2) is 36.8 Å². The molecule has 1 aliphatic heterocycles. The maximum Gasteiger partial charge on any atom is 0.119 e. The van der Waals surface area contributed by atoms with Crippen LogP contribution in [-0.2, 0) is 5.41 Å². The van der Waals surface area contributed by atoms with E-state index in [4.69, 9.17) is 4.74 Å². The summed E-state index contributed by atoms with van der Waals surface area (Å²) in [5.41, 5.74) is 7.25. The molecule has 1 saturated heterocycles. The Hall–Kier alpha value is -2.62. The quantitative estimate of drug-likeness (QED) is 0.604. The number of nitrogens with zero attached hydrogens (tertiary/aromatic N) is 1. The number of benzene rings is 3. The predicted molar refractivity (Wildman–Crippen MR) is 127 cm³/mol. The fraction of sp³-hybridized carbons (Fsp3) is 0.379. The molecule has 0 spiro atoms. The molecule has 3 aromatic rings. The molecule has 1 atom stereocenters. The minimum absolute atomic E-state index is 0.121. The highest BCUT2D eigenvalue weighted by molar-refractivity contribution is 5.62. The van der Waals surface area contributed by atoms with Gasteiger partial charge in [-0.15, -0.1) is 0 Å². The first-order valence-corrected chi connectivity index (χ1v) is 11.9. The van der Waals surface area contributed by atoms with Gasteiger partial charge in [0, 0.05) is 17.9 Å². The number of rotatable bonds is 5. The van der Waals surface area contributed by atoms with E-state index in [1.54, 1.807) is 18.2 Å². The zero-order chi connectivity index (χ0) is 21.7. The molecule has 1 fully saturated rings. The number of methoxy groups -OCH3 is 1. The first-order valence-electron chi connectivity index (χ1n) is 11.9. The molecule has 32 heavy (non-hydrogen) atoms. The van der Waals surface area contributed by atoms with Gasteiger partial charge in [0.05, 0.1) is 13.2 Å². The third-order valence-corrected chi connectivity index (χ3v) is 8.26. The van der Waals surface area contributed by atoms with E-state index in [1.807, 2.05) is 24.3 Å². The monoisotopic (exact) mass is 425 g/mol. The molecule has 0 unspecified atom stereocenters. The summed E-state index contributed by atoms with van der Waals surface area (Å²) in [6, 6.07) is 26.1. The Labute approximate surface area is 190 Å². The van der Waals surface area contributed by atoms with Gasteiger partial charge in [-0.1, -0.05) is 60.7 Å². The topological polar surface area (TPSA) is 32.7 Å². The highest BCUT2D eigenvalue weighted by Gasteiger charge is 2.53. The van der Waals surface area contributed by atoms with Crippen LogP contribution < -0.4 is 4.74 Å². The molecule has 3 heteroatoms. The lowest BCUT2D eigenvalue weighted by atomic mass is 9.74. The fourth-order valence-electron chi connectivity index (χ4n) is 6.72. The summed E-state index contributed by atoms with van der Waals surface area (Å²) in [4.78, 5) is 2.65. The lowest BCUT2D eigenvalue weighted by molar-refractivity contribution is 0.0539. The number of aliphatic hydroxyl groups excluding tert-OH is 1. The molecule has 164 valence electrons. The lowest BCUT2D eigenvalue weighted by Crippen LogP contribution is -2.44. The van der Waals surface area contributed by atoms with E-state index in [2.05, 4.69) is 53.4 Å². The van der Waals surface area contributed by atoms with Gasteiger partial charge in [0.1, 0.15) is 5.75 Å². The molecule has 3 nitrogen and oxygen atoms in total. The van der Waals surface area contributed by atoms with E-state index in [9.17, 15) is 5.11 Å². The standard InChI is InChI=1S/C29H31NO2/c1-32-22-8-6-7-21(17-22)28(31)20-13-15-30(16-14-20)19-29-18-25(23-9-2-4-11-26(23)29)24-10-3-5-12-27(24)29/h2-12,17,20,25,28,31H,13-16,18-19H2,1H3/t25?,28-,29?/m1/s1. The fourth-order valence-corrected chi connectivity index (χ4v) is 6.72. The van der Waals surface area contributed by atoms with Crippen LogP contribution in [0.15, 0.2) is 72.8 Å². The summed E-state index contributed by atoms with van der Waals surface area (Å²) in [6.07, 6.45) is 2.84. The average molecular weight is 426 g/mol. The van der Waals surface area contributed by atoms with Crippen LogP contribution in [0, 0.1) is 5.92 Å². The molecule has 1 N–H and O–H groups in total. The summed E-state index contributed by atoms with van der Waals surface area (Å²) >= 11 is 0. The Morgan fingerprint density at radius 2 is 1.59 bits per heavy atom. The summed E-state index contributed by atoms with van der Waals surface area (Å²) in [5.74, 6) is 1.66. The van der Waals surface area contributed by atoms with Gasteiger partial charge in [0.15, 0.2) is 0 Å². The Morgan fingerprint density at radius 3 is 2.25 bits per heavy atom. The van der Waals surface area contributed by atoms with Crippen LogP contribution in [0.25, 0.3) is 0 Å². The van der Waals surface area contributed by atoms with Gasteiger partial charge >= 0.3 is 0 Å². The summed E-state index contributed by atoms with van der Waals surface area (Å²) in [7, 11) is 1.68. The molecular formula is C29H31NO2. The molecule has 0 radical (unpaired) electrons. The first kappa shape index (κ1) is 20.0. The van der Waals surface area contributed by atoms with Crippen molar-refractivity contribution in [3.63, 3.8) is 0 Å². The van der Waals surface area contributed by atoms with Crippen molar-refractivity contribution >= 4 is 0 Å². The van der Waals surface area contributed by atoms with Crippen LogP contribution in [0.5, 0.6) is 5.75 Å². The summed E-state index contributed by atoms with van der Waals surface area (Å²) in [5, 5.41) is 11.0. The minimum atomic E-state index is -0.422. The zero-order valence-corrected chi connectivity index (χ0v) is 18.7. The van der Waals surface area contributed by atoms with Crippen molar-refractivity contribution in [3.05, 3.63) is 101 Å². The van der Waals surface area contributed by atoms with Gasteiger partial charge in [-0.25, -0.2) is 0 Å². The van der Waals surface area contributed by atoms with E-state index in [0.29, 0.717) is 11.8 Å². The van der Waals surface area contributed by atoms with Crippen LogP contribution in [0.3, 0.4) is 0 Å². The molecule has 3 aliphatic rings. The van der Waals surface area contributed by atoms with Gasteiger partial charge < -0.3 is 14.7 Å². The second-order valence-electron chi connectivity index (χ2n) is 9.85. The van der Waals surface area contributed by atoms with Gasteiger partial charge in [-0.3, -0.25) is 0 Å². The number of ether oxygens (including phenoxy) is 1. The normalized spacial score (nSPS) is 25.4. The minimum Gasteiger partial charge on any atom is -0.497 e. The van der Waals surface area contributed by atoms with Gasteiger partial charge in [-0.05, 0) is 78.2 Å². The third-order valence-electron chi connectivity index (χ3n) is 8.26. The molecule has 6 rings (SSSR count). The van der Waals surface area contributed by atoms with Crippen molar-refractivity contribution in [3.8, 4) is 5.75 Å². The Morgan fingerprint density at radius 1 is 0.938 bits per heavy atom. The number of hydrogen-bond acceptors (Lipinski definition) is 3. The smallest absolute Gasteiger partial charge is 0.119 e. The van der Waals surface area contributed by atoms with Gasteiger partial charge in [-0.2, -0.15) is 0 Å². The third kappa shape index (κ3) is 3.02. The average Bonchev–Trinajstić information content (AvgIpc) is 3.36. The van der Waals surface area contributed by atoms with Crippen LogP contribution in [0.4, 0.5) is 0 Å². The van der Waals surface area contributed by atoms with Gasteiger partial charge in [0.25, 0.3) is 0 Å². The maximum absolute atomic E-state index is 11.0. The molecule has 1 heterocycles. The summed E-state index contributed by atoms with van der Waals surface area (Å²) in [6.45, 7) is 3.17. The zero-order valence-electron chi connectivity index (χ0n) is 18.7. The largest absolute Gasteiger partial charge is 0.497 e. The van der Waals surface area contributed by atoms with E-state index in [0.717, 1.165) is 43.8 Å². The number of fused-ring (bicyclic) bond motifs is 8. The Balaban J connectivity index is 1.21. The molecule has 0 amide bonds. The van der Waals surface area contributed by atoms with Crippen LogP contribution in [0.1, 0.15) is 59.1 Å². The second-order valence-corrected chi connectivity index (χ2v) is 9.85. The highest BCUT2D eigenvalue weighted by atomic mass is 16.5. The number of hydrogen-bond donors (Lipinski definition) is 1. The van der Waals surface area contributed by atoms with E-state index >= 15 is 0 Å². The van der Waals surface area contributed by atoms with E-state index < -0.39 is 6.10 Å². The van der Waals surface area contributed by atoms with Crippen molar-refractivity contribution in [2.24, 2.45) is 5.92 Å².